The lowest BCUT2D eigenvalue weighted by Crippen LogP contribution is -2.28. The molecule has 3 N–H and O–H groups in total. The van der Waals surface area contributed by atoms with Crippen molar-refractivity contribution in [2.45, 2.75) is 6.54 Å². The van der Waals surface area contributed by atoms with Crippen LogP contribution in [0.15, 0.2) is 29.1 Å². The first-order chi connectivity index (χ1) is 10.1. The summed E-state index contributed by atoms with van der Waals surface area (Å²) in [5, 5.41) is 17.5. The number of nitrogens with one attached hydrogen (secondary N) is 2. The summed E-state index contributed by atoms with van der Waals surface area (Å²) in [6.45, 7) is 0.104. The molecular formula is C12H12N4O5. The van der Waals surface area contributed by atoms with Crippen LogP contribution in [0.3, 0.4) is 0 Å². The minimum atomic E-state index is -1.11. The number of nitrogens with zero attached hydrogens (tertiary/aromatic N) is 2. The number of amides is 2. The second-order valence-electron chi connectivity index (χ2n) is 3.88. The Morgan fingerprint density at radius 1 is 1.43 bits per heavy atom. The molecule has 0 spiro atoms. The summed E-state index contributed by atoms with van der Waals surface area (Å²) in [6.07, 6.45) is 1.16. The van der Waals surface area contributed by atoms with Crippen molar-refractivity contribution in [1.29, 1.82) is 0 Å². The minimum absolute atomic E-state index is 0.00950. The van der Waals surface area contributed by atoms with Gasteiger partial charge in [-0.3, -0.25) is 0 Å². The van der Waals surface area contributed by atoms with E-state index in [-0.39, 0.29) is 17.9 Å². The van der Waals surface area contributed by atoms with E-state index >= 15 is 0 Å². The number of carboxylic acid groups (broad SMARTS) is 1. The van der Waals surface area contributed by atoms with Crippen molar-refractivity contribution in [2.75, 3.05) is 12.4 Å². The largest absolute Gasteiger partial charge is 0.496 e. The molecular weight excluding hydrogens is 280 g/mol. The maximum Gasteiger partial charge on any atom is 0.339 e. The van der Waals surface area contributed by atoms with Crippen molar-refractivity contribution >= 4 is 17.7 Å². The number of rotatable bonds is 5. The fraction of sp³-hybridized carbons (Fsp3) is 0.167. The van der Waals surface area contributed by atoms with Crippen LogP contribution in [0.5, 0.6) is 5.75 Å². The molecule has 0 saturated carbocycles. The second kappa shape index (κ2) is 6.37. The van der Waals surface area contributed by atoms with E-state index in [1.165, 1.54) is 25.3 Å². The molecule has 0 bridgehead atoms. The Morgan fingerprint density at radius 3 is 2.86 bits per heavy atom. The monoisotopic (exact) mass is 292 g/mol. The number of anilines is 1. The number of carbonyl (C=O) groups excluding carboxylic acids is 1. The molecule has 110 valence electrons. The number of methoxy groups -OCH3 is 1. The number of carbonyl (C=O) groups is 2. The first-order valence-corrected chi connectivity index (χ1v) is 5.81. The number of urea groups is 1. The molecule has 9 heteroatoms. The fourth-order valence-corrected chi connectivity index (χ4v) is 1.55. The quantitative estimate of drug-likeness (QED) is 0.753. The maximum atomic E-state index is 11.7. The number of hydrogen-bond donors (Lipinski definition) is 3. The van der Waals surface area contributed by atoms with Gasteiger partial charge in [-0.2, -0.15) is 4.98 Å². The molecule has 9 nitrogen and oxygen atoms in total. The van der Waals surface area contributed by atoms with Crippen molar-refractivity contribution < 1.29 is 24.0 Å². The molecule has 1 heterocycles. The van der Waals surface area contributed by atoms with Gasteiger partial charge in [0.15, 0.2) is 5.82 Å². The SMILES string of the molecule is COc1cc(NC(=O)NCc2ncon2)ccc1C(=O)O. The van der Waals surface area contributed by atoms with E-state index in [1.54, 1.807) is 0 Å². The van der Waals surface area contributed by atoms with Crippen LogP contribution in [-0.2, 0) is 6.54 Å². The maximum absolute atomic E-state index is 11.7. The van der Waals surface area contributed by atoms with E-state index in [2.05, 4.69) is 25.3 Å². The van der Waals surface area contributed by atoms with Crippen molar-refractivity contribution in [3.05, 3.63) is 36.0 Å². The first-order valence-electron chi connectivity index (χ1n) is 5.81. The Balaban J connectivity index is 1.99. The molecule has 0 saturated heterocycles. The van der Waals surface area contributed by atoms with Gasteiger partial charge in [-0.1, -0.05) is 5.16 Å². The van der Waals surface area contributed by atoms with E-state index < -0.39 is 12.0 Å². The highest BCUT2D eigenvalue weighted by Crippen LogP contribution is 2.23. The van der Waals surface area contributed by atoms with Crippen LogP contribution >= 0.6 is 0 Å². The highest BCUT2D eigenvalue weighted by atomic mass is 16.5. The zero-order valence-electron chi connectivity index (χ0n) is 11.0. The van der Waals surface area contributed by atoms with Gasteiger partial charge < -0.3 is 25.0 Å². The molecule has 2 amide bonds. The molecule has 21 heavy (non-hydrogen) atoms. The summed E-state index contributed by atoms with van der Waals surface area (Å²) in [7, 11) is 1.35. The zero-order chi connectivity index (χ0) is 15.2. The van der Waals surface area contributed by atoms with Gasteiger partial charge in [-0.05, 0) is 12.1 Å². The number of aromatic carboxylic acids is 1. The minimum Gasteiger partial charge on any atom is -0.496 e. The number of ether oxygens (including phenoxy) is 1. The predicted molar refractivity (Wildman–Crippen MR) is 70.1 cm³/mol. The van der Waals surface area contributed by atoms with Gasteiger partial charge in [0.25, 0.3) is 0 Å². The molecule has 1 aromatic heterocycles. The summed E-state index contributed by atoms with van der Waals surface area (Å²) in [5.41, 5.74) is 0.401. The van der Waals surface area contributed by atoms with Crippen molar-refractivity contribution in [2.24, 2.45) is 0 Å². The number of benzene rings is 1. The Morgan fingerprint density at radius 2 is 2.24 bits per heavy atom. The van der Waals surface area contributed by atoms with Gasteiger partial charge in [-0.15, -0.1) is 0 Å². The van der Waals surface area contributed by atoms with Crippen LogP contribution in [0.4, 0.5) is 10.5 Å². The lowest BCUT2D eigenvalue weighted by atomic mass is 10.2. The van der Waals surface area contributed by atoms with Crippen LogP contribution in [0.25, 0.3) is 0 Å². The standard InChI is InChI=1S/C12H12N4O5/c1-20-9-4-7(2-3-8(9)11(17)18)15-12(19)13-5-10-14-6-21-16-10/h2-4,6H,5H2,1H3,(H,17,18)(H2,13,15,19). The van der Waals surface area contributed by atoms with E-state index in [0.717, 1.165) is 6.39 Å². The van der Waals surface area contributed by atoms with E-state index in [0.29, 0.717) is 11.5 Å². The van der Waals surface area contributed by atoms with Gasteiger partial charge >= 0.3 is 12.0 Å². The highest BCUT2D eigenvalue weighted by Gasteiger charge is 2.12. The summed E-state index contributed by atoms with van der Waals surface area (Å²) < 4.78 is 9.49. The average Bonchev–Trinajstić information content (AvgIpc) is 2.98. The second-order valence-corrected chi connectivity index (χ2v) is 3.88. The molecule has 2 rings (SSSR count). The molecule has 0 atom stereocenters. The lowest BCUT2D eigenvalue weighted by molar-refractivity contribution is 0.0693. The summed E-state index contributed by atoms with van der Waals surface area (Å²) in [5.74, 6) is -0.623. The van der Waals surface area contributed by atoms with Crippen molar-refractivity contribution in [3.63, 3.8) is 0 Å². The number of aromatic nitrogens is 2. The summed E-state index contributed by atoms with van der Waals surface area (Å²) in [6, 6.07) is 3.72. The van der Waals surface area contributed by atoms with Gasteiger partial charge in [0.1, 0.15) is 11.3 Å². The van der Waals surface area contributed by atoms with Crippen molar-refractivity contribution in [3.8, 4) is 5.75 Å². The molecule has 2 aromatic rings. The van der Waals surface area contributed by atoms with Gasteiger partial charge in [0.2, 0.25) is 6.39 Å². The fourth-order valence-electron chi connectivity index (χ4n) is 1.55. The van der Waals surface area contributed by atoms with Crippen LogP contribution in [0.2, 0.25) is 0 Å². The summed E-state index contributed by atoms with van der Waals surface area (Å²) in [4.78, 5) is 26.4. The van der Waals surface area contributed by atoms with Gasteiger partial charge in [0.05, 0.1) is 13.7 Å². The zero-order valence-corrected chi connectivity index (χ0v) is 11.0. The topological polar surface area (TPSA) is 127 Å². The summed E-state index contributed by atoms with van der Waals surface area (Å²) >= 11 is 0. The number of hydrogen-bond acceptors (Lipinski definition) is 6. The third kappa shape index (κ3) is 3.69. The van der Waals surface area contributed by atoms with E-state index in [4.69, 9.17) is 9.84 Å². The third-order valence-corrected chi connectivity index (χ3v) is 2.50. The average molecular weight is 292 g/mol. The Kier molecular flexibility index (Phi) is 4.34. The normalized spacial score (nSPS) is 9.95. The smallest absolute Gasteiger partial charge is 0.339 e. The van der Waals surface area contributed by atoms with Crippen molar-refractivity contribution in [1.82, 2.24) is 15.5 Å². The Hall–Kier alpha value is -3.10. The first kappa shape index (κ1) is 14.3. The number of carboxylic acids is 1. The van der Waals surface area contributed by atoms with E-state index in [1.807, 2.05) is 0 Å². The molecule has 0 aliphatic carbocycles. The lowest BCUT2D eigenvalue weighted by Gasteiger charge is -2.09. The van der Waals surface area contributed by atoms with Gasteiger partial charge in [-0.25, -0.2) is 9.59 Å². The van der Waals surface area contributed by atoms with E-state index in [9.17, 15) is 9.59 Å². The van der Waals surface area contributed by atoms with Crippen LogP contribution in [-0.4, -0.2) is 34.4 Å². The molecule has 0 aliphatic rings. The molecule has 1 aromatic carbocycles. The van der Waals surface area contributed by atoms with Gasteiger partial charge in [0, 0.05) is 11.8 Å². The molecule has 0 fully saturated rings. The van der Waals surface area contributed by atoms with Crippen LogP contribution in [0.1, 0.15) is 16.2 Å². The van der Waals surface area contributed by atoms with Crippen LogP contribution in [0, 0.1) is 0 Å². The predicted octanol–water partition coefficient (Wildman–Crippen LogP) is 1.10. The molecule has 0 unspecified atom stereocenters. The highest BCUT2D eigenvalue weighted by molar-refractivity contribution is 5.94. The van der Waals surface area contributed by atoms with Crippen LogP contribution < -0.4 is 15.4 Å². The Bertz CT molecular complexity index is 641. The third-order valence-electron chi connectivity index (χ3n) is 2.50. The molecule has 0 radical (unpaired) electrons. The Labute approximate surface area is 118 Å². The molecule has 0 aliphatic heterocycles.